The minimum absolute atomic E-state index is 0.133. The average Bonchev–Trinajstić information content (AvgIpc) is 2.96. The number of hydrogen-bond donors (Lipinski definition) is 2. The van der Waals surface area contributed by atoms with Crippen LogP contribution in [0.4, 0.5) is 0 Å². The van der Waals surface area contributed by atoms with Gasteiger partial charge in [0.15, 0.2) is 15.7 Å². The maximum Gasteiger partial charge on any atom is 0.269 e. The number of carbonyl (C=O) groups is 1. The molecule has 128 valence electrons. The molecule has 3 rings (SSSR count). The third-order valence-corrected chi connectivity index (χ3v) is 4.67. The highest BCUT2D eigenvalue weighted by Gasteiger charge is 2.15. The fourth-order valence-corrected chi connectivity index (χ4v) is 2.93. The molecule has 0 fully saturated rings. The van der Waals surface area contributed by atoms with Crippen molar-refractivity contribution in [1.82, 2.24) is 19.9 Å². The van der Waals surface area contributed by atoms with E-state index in [4.69, 9.17) is 5.73 Å². The summed E-state index contributed by atoms with van der Waals surface area (Å²) in [6.45, 7) is 1.69. The smallest absolute Gasteiger partial charge is 0.269 e. The summed E-state index contributed by atoms with van der Waals surface area (Å²) >= 11 is 0. The number of aryl methyl sites for hydroxylation is 1. The van der Waals surface area contributed by atoms with Crippen LogP contribution in [0.15, 0.2) is 41.7 Å². The standard InChI is InChI=1S/C16H15N5O3S/c1-9-14(15(17)22)21-16(20-9)13-6-10(3-4-19-13)11-5-12(8-18-7-11)25(2,23)24/h3-8H,1-2H3,(H2,17,22)(H,20,21). The van der Waals surface area contributed by atoms with Gasteiger partial charge in [0, 0.05) is 36.1 Å². The summed E-state index contributed by atoms with van der Waals surface area (Å²) in [4.78, 5) is 26.8. The third-order valence-electron chi connectivity index (χ3n) is 3.60. The number of nitrogens with two attached hydrogens (primary N) is 1. The Morgan fingerprint density at radius 3 is 2.60 bits per heavy atom. The lowest BCUT2D eigenvalue weighted by Gasteiger charge is -2.05. The van der Waals surface area contributed by atoms with Crippen molar-refractivity contribution in [3.05, 3.63) is 48.2 Å². The molecule has 3 N–H and O–H groups in total. The van der Waals surface area contributed by atoms with Crippen molar-refractivity contribution < 1.29 is 13.2 Å². The van der Waals surface area contributed by atoms with E-state index in [1.807, 2.05) is 0 Å². The van der Waals surface area contributed by atoms with E-state index in [1.54, 1.807) is 37.5 Å². The van der Waals surface area contributed by atoms with Crippen LogP contribution in [0.25, 0.3) is 22.6 Å². The first-order valence-electron chi connectivity index (χ1n) is 7.24. The zero-order valence-corrected chi connectivity index (χ0v) is 14.3. The first-order valence-corrected chi connectivity index (χ1v) is 9.13. The number of primary amides is 1. The molecule has 9 heteroatoms. The van der Waals surface area contributed by atoms with Crippen LogP contribution in [0.5, 0.6) is 0 Å². The predicted molar refractivity (Wildman–Crippen MR) is 91.4 cm³/mol. The molecule has 0 saturated heterocycles. The summed E-state index contributed by atoms with van der Waals surface area (Å²) in [5, 5.41) is 0. The number of sulfone groups is 1. The molecule has 25 heavy (non-hydrogen) atoms. The number of hydrogen-bond acceptors (Lipinski definition) is 6. The Bertz CT molecular complexity index is 1070. The van der Waals surface area contributed by atoms with Gasteiger partial charge in [0.25, 0.3) is 5.91 Å². The van der Waals surface area contributed by atoms with Crippen LogP contribution in [0.3, 0.4) is 0 Å². The van der Waals surface area contributed by atoms with Crippen molar-refractivity contribution in [2.24, 2.45) is 5.73 Å². The molecule has 3 aromatic heterocycles. The Labute approximate surface area is 144 Å². The highest BCUT2D eigenvalue weighted by molar-refractivity contribution is 7.90. The van der Waals surface area contributed by atoms with Gasteiger partial charge in [0.2, 0.25) is 0 Å². The summed E-state index contributed by atoms with van der Waals surface area (Å²) in [7, 11) is -3.36. The summed E-state index contributed by atoms with van der Waals surface area (Å²) < 4.78 is 23.4. The fourth-order valence-electron chi connectivity index (χ4n) is 2.34. The van der Waals surface area contributed by atoms with Gasteiger partial charge in [-0.1, -0.05) is 0 Å². The Hall–Kier alpha value is -3.07. The molecule has 0 bridgehead atoms. The number of amides is 1. The van der Waals surface area contributed by atoms with Crippen molar-refractivity contribution in [3.8, 4) is 22.6 Å². The lowest BCUT2D eigenvalue weighted by molar-refractivity contribution is 0.0995. The lowest BCUT2D eigenvalue weighted by atomic mass is 10.1. The van der Waals surface area contributed by atoms with Crippen LogP contribution in [0.2, 0.25) is 0 Å². The average molecular weight is 357 g/mol. The molecular formula is C16H15N5O3S. The van der Waals surface area contributed by atoms with Crippen LogP contribution < -0.4 is 5.73 Å². The van der Waals surface area contributed by atoms with E-state index in [0.29, 0.717) is 22.8 Å². The second kappa shape index (κ2) is 6.10. The van der Waals surface area contributed by atoms with E-state index in [9.17, 15) is 13.2 Å². The summed E-state index contributed by atoms with van der Waals surface area (Å²) in [5.74, 6) is -0.221. The van der Waals surface area contributed by atoms with Crippen molar-refractivity contribution in [3.63, 3.8) is 0 Å². The molecular weight excluding hydrogens is 342 g/mol. The second-order valence-electron chi connectivity index (χ2n) is 5.53. The molecule has 8 nitrogen and oxygen atoms in total. The van der Waals surface area contributed by atoms with Crippen molar-refractivity contribution >= 4 is 15.7 Å². The number of imidazole rings is 1. The van der Waals surface area contributed by atoms with Gasteiger partial charge in [0.1, 0.15) is 11.4 Å². The number of aromatic amines is 1. The van der Waals surface area contributed by atoms with Crippen LogP contribution in [-0.4, -0.2) is 40.5 Å². The minimum Gasteiger partial charge on any atom is -0.364 e. The van der Waals surface area contributed by atoms with Gasteiger partial charge in [-0.2, -0.15) is 0 Å². The summed E-state index contributed by atoms with van der Waals surface area (Å²) in [5.41, 5.74) is 7.83. The Kier molecular flexibility index (Phi) is 4.09. The van der Waals surface area contributed by atoms with Crippen molar-refractivity contribution in [1.29, 1.82) is 0 Å². The molecule has 0 aromatic carbocycles. The topological polar surface area (TPSA) is 132 Å². The van der Waals surface area contributed by atoms with Gasteiger partial charge in [-0.15, -0.1) is 0 Å². The second-order valence-corrected chi connectivity index (χ2v) is 7.55. The minimum atomic E-state index is -3.36. The number of H-pyrrole nitrogens is 1. The Morgan fingerprint density at radius 2 is 1.96 bits per heavy atom. The highest BCUT2D eigenvalue weighted by atomic mass is 32.2. The first-order chi connectivity index (χ1) is 11.8. The molecule has 0 spiro atoms. The number of aromatic nitrogens is 4. The molecule has 3 aromatic rings. The maximum atomic E-state index is 11.7. The molecule has 1 amide bonds. The maximum absolute atomic E-state index is 11.7. The highest BCUT2D eigenvalue weighted by Crippen LogP contribution is 2.25. The predicted octanol–water partition coefficient (Wildman–Crippen LogP) is 1.34. The van der Waals surface area contributed by atoms with Gasteiger partial charge in [-0.05, 0) is 30.7 Å². The van der Waals surface area contributed by atoms with Gasteiger partial charge in [-0.3, -0.25) is 14.8 Å². The van der Waals surface area contributed by atoms with E-state index in [2.05, 4.69) is 19.9 Å². The van der Waals surface area contributed by atoms with Crippen LogP contribution >= 0.6 is 0 Å². The van der Waals surface area contributed by atoms with E-state index >= 15 is 0 Å². The molecule has 0 saturated carbocycles. The van der Waals surface area contributed by atoms with Crippen LogP contribution in [0, 0.1) is 6.92 Å². The van der Waals surface area contributed by atoms with E-state index < -0.39 is 15.7 Å². The number of nitrogens with one attached hydrogen (secondary N) is 1. The molecule has 0 radical (unpaired) electrons. The Balaban J connectivity index is 2.06. The monoisotopic (exact) mass is 357 g/mol. The Morgan fingerprint density at radius 1 is 1.20 bits per heavy atom. The number of rotatable bonds is 4. The quantitative estimate of drug-likeness (QED) is 0.724. The summed E-state index contributed by atoms with van der Waals surface area (Å²) in [6, 6.07) is 5.01. The number of pyridine rings is 2. The molecule has 3 heterocycles. The van der Waals surface area contributed by atoms with Gasteiger partial charge >= 0.3 is 0 Å². The molecule has 0 unspecified atom stereocenters. The first kappa shape index (κ1) is 16.8. The molecule has 0 aliphatic rings. The van der Waals surface area contributed by atoms with Gasteiger partial charge in [0.05, 0.1) is 4.90 Å². The van der Waals surface area contributed by atoms with Gasteiger partial charge in [-0.25, -0.2) is 13.4 Å². The van der Waals surface area contributed by atoms with Crippen molar-refractivity contribution in [2.75, 3.05) is 6.26 Å². The molecule has 0 aliphatic carbocycles. The largest absolute Gasteiger partial charge is 0.364 e. The lowest BCUT2D eigenvalue weighted by Crippen LogP contribution is -2.12. The molecule has 0 aliphatic heterocycles. The number of nitrogens with zero attached hydrogens (tertiary/aromatic N) is 3. The van der Waals surface area contributed by atoms with Crippen molar-refractivity contribution in [2.45, 2.75) is 11.8 Å². The van der Waals surface area contributed by atoms with Crippen LogP contribution in [0.1, 0.15) is 16.2 Å². The fraction of sp³-hybridized carbons (Fsp3) is 0.125. The number of carbonyl (C=O) groups excluding carboxylic acids is 1. The summed E-state index contributed by atoms with van der Waals surface area (Å²) in [6.07, 6.45) is 5.56. The zero-order chi connectivity index (χ0) is 18.2. The third kappa shape index (κ3) is 3.41. The normalized spacial score (nSPS) is 11.4. The zero-order valence-electron chi connectivity index (χ0n) is 13.5. The van der Waals surface area contributed by atoms with E-state index in [1.165, 1.54) is 6.20 Å². The molecule has 0 atom stereocenters. The SMILES string of the molecule is Cc1[nH]c(-c2cc(-c3cncc(S(C)(=O)=O)c3)ccn2)nc1C(N)=O. The van der Waals surface area contributed by atoms with E-state index in [-0.39, 0.29) is 10.6 Å². The van der Waals surface area contributed by atoms with E-state index in [0.717, 1.165) is 11.8 Å². The van der Waals surface area contributed by atoms with Gasteiger partial charge < -0.3 is 10.7 Å². The van der Waals surface area contributed by atoms with Crippen LogP contribution in [-0.2, 0) is 9.84 Å².